The van der Waals surface area contributed by atoms with Gasteiger partial charge in [0, 0.05) is 6.04 Å². The summed E-state index contributed by atoms with van der Waals surface area (Å²) in [6.07, 6.45) is 8.32. The van der Waals surface area contributed by atoms with E-state index >= 15 is 0 Å². The van der Waals surface area contributed by atoms with Crippen molar-refractivity contribution < 1.29 is 0 Å². The summed E-state index contributed by atoms with van der Waals surface area (Å²) in [4.78, 5) is 0. The Labute approximate surface area is 85.8 Å². The van der Waals surface area contributed by atoms with Crippen LogP contribution >= 0.6 is 0 Å². The van der Waals surface area contributed by atoms with Crippen molar-refractivity contribution in [3.8, 4) is 0 Å². The van der Waals surface area contributed by atoms with E-state index in [4.69, 9.17) is 0 Å². The highest BCUT2D eigenvalue weighted by atomic mass is 14.9. The summed E-state index contributed by atoms with van der Waals surface area (Å²) >= 11 is 0. The first kappa shape index (κ1) is 9.47. The summed E-state index contributed by atoms with van der Waals surface area (Å²) in [5.41, 5.74) is 1.30. The molecule has 0 saturated carbocycles. The van der Waals surface area contributed by atoms with E-state index in [0.29, 0.717) is 0 Å². The Morgan fingerprint density at radius 3 is 2.86 bits per heavy atom. The summed E-state index contributed by atoms with van der Waals surface area (Å²) in [7, 11) is 0. The first-order chi connectivity index (χ1) is 6.95. The fourth-order valence-electron chi connectivity index (χ4n) is 1.89. The van der Waals surface area contributed by atoms with Gasteiger partial charge in [0.25, 0.3) is 0 Å². The average Bonchev–Trinajstić information content (AvgIpc) is 2.72. The molecule has 1 unspecified atom stereocenters. The van der Waals surface area contributed by atoms with E-state index in [1.54, 1.807) is 0 Å². The predicted molar refractivity (Wildman–Crippen MR) is 61.1 cm³/mol. The molecule has 1 heteroatoms. The molecule has 0 aliphatic carbocycles. The van der Waals surface area contributed by atoms with Crippen LogP contribution in [0.25, 0.3) is 6.08 Å². The van der Waals surface area contributed by atoms with Crippen molar-refractivity contribution in [2.75, 3.05) is 6.54 Å². The molecule has 1 heterocycles. The third-order valence-electron chi connectivity index (χ3n) is 2.69. The van der Waals surface area contributed by atoms with Crippen LogP contribution in [0.5, 0.6) is 0 Å². The zero-order valence-electron chi connectivity index (χ0n) is 8.45. The van der Waals surface area contributed by atoms with Crippen molar-refractivity contribution >= 4 is 6.08 Å². The van der Waals surface area contributed by atoms with Gasteiger partial charge in [-0.15, -0.1) is 0 Å². The largest absolute Gasteiger partial charge is 0.314 e. The number of nitrogens with one attached hydrogen (secondary N) is 1. The Morgan fingerprint density at radius 1 is 1.29 bits per heavy atom. The van der Waals surface area contributed by atoms with E-state index in [0.717, 1.165) is 12.5 Å². The monoisotopic (exact) mass is 187 g/mol. The van der Waals surface area contributed by atoms with Crippen LogP contribution in [0.4, 0.5) is 0 Å². The normalized spacial score (nSPS) is 21.9. The highest BCUT2D eigenvalue weighted by Crippen LogP contribution is 2.10. The summed E-state index contributed by atoms with van der Waals surface area (Å²) in [6.45, 7) is 1.20. The van der Waals surface area contributed by atoms with Crippen LogP contribution in [0.15, 0.2) is 36.4 Å². The van der Waals surface area contributed by atoms with Crippen LogP contribution in [0, 0.1) is 0 Å². The van der Waals surface area contributed by atoms with Crippen LogP contribution in [0.2, 0.25) is 0 Å². The molecule has 14 heavy (non-hydrogen) atoms. The highest BCUT2D eigenvalue weighted by molar-refractivity contribution is 5.48. The minimum atomic E-state index is 0.718. The van der Waals surface area contributed by atoms with Crippen molar-refractivity contribution in [1.82, 2.24) is 5.32 Å². The van der Waals surface area contributed by atoms with Crippen LogP contribution in [-0.4, -0.2) is 12.6 Å². The molecule has 1 aromatic carbocycles. The van der Waals surface area contributed by atoms with Crippen LogP contribution < -0.4 is 5.32 Å². The molecule has 2 rings (SSSR count). The molecule has 1 atom stereocenters. The molecular weight excluding hydrogens is 170 g/mol. The molecule has 1 aliphatic heterocycles. The molecule has 1 fully saturated rings. The van der Waals surface area contributed by atoms with Crippen molar-refractivity contribution in [2.24, 2.45) is 0 Å². The van der Waals surface area contributed by atoms with E-state index in [-0.39, 0.29) is 0 Å². The Morgan fingerprint density at radius 2 is 2.14 bits per heavy atom. The lowest BCUT2D eigenvalue weighted by Crippen LogP contribution is -2.19. The molecule has 1 saturated heterocycles. The Balaban J connectivity index is 1.82. The van der Waals surface area contributed by atoms with Gasteiger partial charge in [-0.1, -0.05) is 42.5 Å². The van der Waals surface area contributed by atoms with Crippen LogP contribution in [0.1, 0.15) is 24.8 Å². The number of benzene rings is 1. The minimum Gasteiger partial charge on any atom is -0.314 e. The molecule has 0 radical (unpaired) electrons. The second-order valence-corrected chi connectivity index (χ2v) is 3.84. The zero-order chi connectivity index (χ0) is 9.64. The smallest absolute Gasteiger partial charge is 0.0102 e. The van der Waals surface area contributed by atoms with Gasteiger partial charge in [-0.3, -0.25) is 0 Å². The van der Waals surface area contributed by atoms with Crippen molar-refractivity contribution in [1.29, 1.82) is 0 Å². The standard InChI is InChI=1S/C13H17N/c1-2-6-12(7-3-1)8-4-9-13-10-5-11-14-13/h1-4,6-8,13-14H,5,9-11H2/b8-4+. The molecule has 0 spiro atoms. The van der Waals surface area contributed by atoms with Gasteiger partial charge in [0.1, 0.15) is 0 Å². The lowest BCUT2D eigenvalue weighted by atomic mass is 10.1. The maximum absolute atomic E-state index is 3.49. The first-order valence-corrected chi connectivity index (χ1v) is 5.40. The second-order valence-electron chi connectivity index (χ2n) is 3.84. The van der Waals surface area contributed by atoms with Gasteiger partial charge in [0.2, 0.25) is 0 Å². The maximum Gasteiger partial charge on any atom is 0.0102 e. The molecule has 0 amide bonds. The van der Waals surface area contributed by atoms with Gasteiger partial charge in [-0.05, 0) is 31.4 Å². The van der Waals surface area contributed by atoms with Gasteiger partial charge in [-0.2, -0.15) is 0 Å². The molecule has 1 N–H and O–H groups in total. The molecular formula is C13H17N. The molecule has 1 aromatic rings. The summed E-state index contributed by atoms with van der Waals surface area (Å²) in [6, 6.07) is 11.2. The lowest BCUT2D eigenvalue weighted by Gasteiger charge is -2.04. The Bertz CT molecular complexity index is 283. The van der Waals surface area contributed by atoms with E-state index in [1.807, 2.05) is 0 Å². The van der Waals surface area contributed by atoms with Gasteiger partial charge in [-0.25, -0.2) is 0 Å². The highest BCUT2D eigenvalue weighted by Gasteiger charge is 2.11. The molecule has 1 nitrogen and oxygen atoms in total. The van der Waals surface area contributed by atoms with Gasteiger partial charge in [0.05, 0.1) is 0 Å². The first-order valence-electron chi connectivity index (χ1n) is 5.40. The van der Waals surface area contributed by atoms with E-state index < -0.39 is 0 Å². The minimum absolute atomic E-state index is 0.718. The molecule has 74 valence electrons. The zero-order valence-corrected chi connectivity index (χ0v) is 8.45. The number of hydrogen-bond acceptors (Lipinski definition) is 1. The molecule has 0 bridgehead atoms. The van der Waals surface area contributed by atoms with Gasteiger partial charge < -0.3 is 5.32 Å². The van der Waals surface area contributed by atoms with Crippen LogP contribution in [0.3, 0.4) is 0 Å². The summed E-state index contributed by atoms with van der Waals surface area (Å²) in [5, 5.41) is 3.49. The van der Waals surface area contributed by atoms with Crippen molar-refractivity contribution in [2.45, 2.75) is 25.3 Å². The summed E-state index contributed by atoms with van der Waals surface area (Å²) < 4.78 is 0. The third-order valence-corrected chi connectivity index (χ3v) is 2.69. The lowest BCUT2D eigenvalue weighted by molar-refractivity contribution is 0.615. The molecule has 0 aromatic heterocycles. The fourth-order valence-corrected chi connectivity index (χ4v) is 1.89. The van der Waals surface area contributed by atoms with E-state index in [2.05, 4.69) is 47.8 Å². The molecule has 1 aliphatic rings. The van der Waals surface area contributed by atoms with Crippen molar-refractivity contribution in [3.63, 3.8) is 0 Å². The van der Waals surface area contributed by atoms with Gasteiger partial charge in [0.15, 0.2) is 0 Å². The third kappa shape index (κ3) is 2.71. The average molecular weight is 187 g/mol. The van der Waals surface area contributed by atoms with E-state index in [1.165, 1.54) is 24.9 Å². The fraction of sp³-hybridized carbons (Fsp3) is 0.385. The van der Waals surface area contributed by atoms with Crippen molar-refractivity contribution in [3.05, 3.63) is 42.0 Å². The van der Waals surface area contributed by atoms with Gasteiger partial charge >= 0.3 is 0 Å². The quantitative estimate of drug-likeness (QED) is 0.767. The second kappa shape index (κ2) is 4.97. The SMILES string of the molecule is C(=C\c1ccccc1)/CC1CCCN1. The summed E-state index contributed by atoms with van der Waals surface area (Å²) in [5.74, 6) is 0. The Kier molecular flexibility index (Phi) is 3.36. The Hall–Kier alpha value is -1.08. The topological polar surface area (TPSA) is 12.0 Å². The van der Waals surface area contributed by atoms with Crippen LogP contribution in [-0.2, 0) is 0 Å². The number of rotatable bonds is 3. The maximum atomic E-state index is 3.49. The predicted octanol–water partition coefficient (Wildman–Crippen LogP) is 2.84. The number of hydrogen-bond donors (Lipinski definition) is 1. The van der Waals surface area contributed by atoms with E-state index in [9.17, 15) is 0 Å².